The summed E-state index contributed by atoms with van der Waals surface area (Å²) >= 11 is 6.24. The normalized spacial score (nSPS) is 12.9. The third-order valence-electron chi connectivity index (χ3n) is 6.79. The number of carbonyl (C=O) groups is 2. The Bertz CT molecular complexity index is 1460. The lowest BCUT2D eigenvalue weighted by Crippen LogP contribution is -2.52. The van der Waals surface area contributed by atoms with Crippen LogP contribution in [-0.4, -0.2) is 43.8 Å². The number of carbonyl (C=O) groups excluding carboxylic acids is 2. The first kappa shape index (κ1) is 31.1. The lowest BCUT2D eigenvalue weighted by Gasteiger charge is -2.33. The average Bonchev–Trinajstić information content (AvgIpc) is 2.92. The highest BCUT2D eigenvalue weighted by molar-refractivity contribution is 7.92. The molecule has 3 aromatic carbocycles. The highest BCUT2D eigenvalue weighted by Gasteiger charge is 2.33. The molecule has 0 saturated heterocycles. The van der Waals surface area contributed by atoms with Crippen LogP contribution in [0.4, 0.5) is 10.1 Å². The van der Waals surface area contributed by atoms with E-state index < -0.39 is 40.2 Å². The van der Waals surface area contributed by atoms with Crippen molar-refractivity contribution < 1.29 is 22.4 Å². The molecule has 0 aliphatic rings. The van der Waals surface area contributed by atoms with Gasteiger partial charge in [-0.3, -0.25) is 13.9 Å². The summed E-state index contributed by atoms with van der Waals surface area (Å²) in [7, 11) is -4.24. The standard InChI is InChI=1S/C30H35ClFN3O4S/c1-6-22(4)33-30(37)23(5)34(18-24-9-7-8-10-27(24)32)29(36)19-35(28-17-25(31)14-13-21(28)3)40(38,39)26-15-11-20(2)12-16-26/h7-17,22-23H,6,18-19H2,1-5H3,(H,33,37)/t22-,23+/m1/s1. The van der Waals surface area contributed by atoms with E-state index in [4.69, 9.17) is 11.6 Å². The Labute approximate surface area is 241 Å². The molecule has 10 heteroatoms. The molecule has 0 fully saturated rings. The van der Waals surface area contributed by atoms with Crippen molar-refractivity contribution in [2.45, 2.75) is 64.6 Å². The minimum Gasteiger partial charge on any atom is -0.352 e. The van der Waals surface area contributed by atoms with Gasteiger partial charge in [-0.25, -0.2) is 12.8 Å². The van der Waals surface area contributed by atoms with Crippen molar-refractivity contribution in [2.24, 2.45) is 0 Å². The number of anilines is 1. The Kier molecular flexibility index (Phi) is 10.3. The molecule has 2 atom stereocenters. The zero-order valence-corrected chi connectivity index (χ0v) is 24.9. The van der Waals surface area contributed by atoms with Gasteiger partial charge in [-0.1, -0.05) is 60.5 Å². The number of nitrogens with one attached hydrogen (secondary N) is 1. The summed E-state index contributed by atoms with van der Waals surface area (Å²) in [6, 6.07) is 15.9. The fraction of sp³-hybridized carbons (Fsp3) is 0.333. The maximum absolute atomic E-state index is 14.7. The van der Waals surface area contributed by atoms with Crippen molar-refractivity contribution in [2.75, 3.05) is 10.8 Å². The molecule has 0 heterocycles. The SMILES string of the molecule is CC[C@@H](C)NC(=O)[C@H](C)N(Cc1ccccc1F)C(=O)CN(c1cc(Cl)ccc1C)S(=O)(=O)c1ccc(C)cc1. The second kappa shape index (κ2) is 13.3. The van der Waals surface area contributed by atoms with Crippen molar-refractivity contribution in [3.63, 3.8) is 0 Å². The van der Waals surface area contributed by atoms with Gasteiger partial charge in [0, 0.05) is 23.2 Å². The van der Waals surface area contributed by atoms with E-state index in [-0.39, 0.29) is 28.7 Å². The van der Waals surface area contributed by atoms with E-state index in [2.05, 4.69) is 5.32 Å². The van der Waals surface area contributed by atoms with Crippen LogP contribution in [0.5, 0.6) is 0 Å². The number of rotatable bonds is 11. The van der Waals surface area contributed by atoms with Crippen LogP contribution in [0.2, 0.25) is 5.02 Å². The van der Waals surface area contributed by atoms with Crippen molar-refractivity contribution >= 4 is 39.1 Å². The number of aryl methyl sites for hydroxylation is 2. The summed E-state index contributed by atoms with van der Waals surface area (Å²) < 4.78 is 43.5. The molecule has 0 aliphatic carbocycles. The minimum absolute atomic E-state index is 0.00603. The average molecular weight is 588 g/mol. The molecular weight excluding hydrogens is 553 g/mol. The zero-order valence-electron chi connectivity index (χ0n) is 23.3. The van der Waals surface area contributed by atoms with Gasteiger partial charge in [0.25, 0.3) is 10.0 Å². The largest absolute Gasteiger partial charge is 0.352 e. The van der Waals surface area contributed by atoms with Crippen molar-refractivity contribution in [1.29, 1.82) is 0 Å². The van der Waals surface area contributed by atoms with Crippen LogP contribution in [-0.2, 0) is 26.2 Å². The van der Waals surface area contributed by atoms with Gasteiger partial charge in [0.05, 0.1) is 10.6 Å². The van der Waals surface area contributed by atoms with E-state index in [1.54, 1.807) is 44.2 Å². The van der Waals surface area contributed by atoms with Gasteiger partial charge in [0.15, 0.2) is 0 Å². The number of sulfonamides is 1. The number of hydrogen-bond acceptors (Lipinski definition) is 4. The summed E-state index contributed by atoms with van der Waals surface area (Å²) in [6.45, 7) is 7.99. The molecule has 7 nitrogen and oxygen atoms in total. The molecule has 0 saturated carbocycles. The number of amides is 2. The van der Waals surface area contributed by atoms with Gasteiger partial charge < -0.3 is 10.2 Å². The maximum atomic E-state index is 14.7. The van der Waals surface area contributed by atoms with Crippen LogP contribution >= 0.6 is 11.6 Å². The predicted molar refractivity (Wildman–Crippen MR) is 156 cm³/mol. The molecule has 0 radical (unpaired) electrons. The molecule has 0 spiro atoms. The number of nitrogens with zero attached hydrogens (tertiary/aromatic N) is 2. The first-order valence-electron chi connectivity index (χ1n) is 13.0. The van der Waals surface area contributed by atoms with Crippen LogP contribution in [0.3, 0.4) is 0 Å². The summed E-state index contributed by atoms with van der Waals surface area (Å²) in [5.74, 6) is -1.64. The quantitative estimate of drug-likeness (QED) is 0.315. The molecule has 3 aromatic rings. The van der Waals surface area contributed by atoms with Gasteiger partial charge in [-0.2, -0.15) is 0 Å². The van der Waals surface area contributed by atoms with Crippen LogP contribution in [0, 0.1) is 19.7 Å². The van der Waals surface area contributed by atoms with Crippen LogP contribution in [0.1, 0.15) is 43.9 Å². The summed E-state index contributed by atoms with van der Waals surface area (Å²) in [5.41, 5.74) is 1.88. The number of benzene rings is 3. The lowest BCUT2D eigenvalue weighted by molar-refractivity contribution is -0.139. The zero-order chi connectivity index (χ0) is 29.6. The fourth-order valence-electron chi connectivity index (χ4n) is 4.06. The van der Waals surface area contributed by atoms with Crippen LogP contribution in [0.25, 0.3) is 0 Å². The molecule has 0 aromatic heterocycles. The maximum Gasteiger partial charge on any atom is 0.264 e. The predicted octanol–water partition coefficient (Wildman–Crippen LogP) is 5.62. The molecule has 0 aliphatic heterocycles. The van der Waals surface area contributed by atoms with Crippen molar-refractivity contribution in [1.82, 2.24) is 10.2 Å². The summed E-state index contributed by atoms with van der Waals surface area (Å²) in [6.07, 6.45) is 0.677. The molecular formula is C30H35ClFN3O4S. The number of halogens is 2. The third-order valence-corrected chi connectivity index (χ3v) is 8.80. The van der Waals surface area contributed by atoms with Crippen LogP contribution in [0.15, 0.2) is 71.6 Å². The number of hydrogen-bond donors (Lipinski definition) is 1. The Morgan fingerprint density at radius 1 is 1.00 bits per heavy atom. The minimum atomic E-state index is -4.24. The van der Waals surface area contributed by atoms with E-state index in [1.165, 1.54) is 41.3 Å². The molecule has 2 amide bonds. The third kappa shape index (κ3) is 7.40. The van der Waals surface area contributed by atoms with E-state index in [1.807, 2.05) is 20.8 Å². The Hall–Kier alpha value is -3.43. The Morgan fingerprint density at radius 3 is 2.27 bits per heavy atom. The highest BCUT2D eigenvalue weighted by atomic mass is 35.5. The first-order valence-corrected chi connectivity index (χ1v) is 14.9. The van der Waals surface area contributed by atoms with E-state index >= 15 is 0 Å². The molecule has 3 rings (SSSR count). The van der Waals surface area contributed by atoms with Gasteiger partial charge in [-0.05, 0) is 70.0 Å². The van der Waals surface area contributed by atoms with Gasteiger partial charge >= 0.3 is 0 Å². The van der Waals surface area contributed by atoms with Gasteiger partial charge in [0.1, 0.15) is 18.4 Å². The van der Waals surface area contributed by atoms with Gasteiger partial charge in [-0.15, -0.1) is 0 Å². The summed E-state index contributed by atoms with van der Waals surface area (Å²) in [4.78, 5) is 28.2. The first-order chi connectivity index (χ1) is 18.8. The van der Waals surface area contributed by atoms with Crippen LogP contribution < -0.4 is 9.62 Å². The second-order valence-corrected chi connectivity index (χ2v) is 12.2. The van der Waals surface area contributed by atoms with E-state index in [9.17, 15) is 22.4 Å². The molecule has 1 N–H and O–H groups in total. The summed E-state index contributed by atoms with van der Waals surface area (Å²) in [5, 5.41) is 3.15. The molecule has 40 heavy (non-hydrogen) atoms. The monoisotopic (exact) mass is 587 g/mol. The topological polar surface area (TPSA) is 86.8 Å². The Morgan fingerprint density at radius 2 is 1.65 bits per heavy atom. The Balaban J connectivity index is 2.08. The fourth-order valence-corrected chi connectivity index (χ4v) is 5.70. The smallest absolute Gasteiger partial charge is 0.264 e. The van der Waals surface area contributed by atoms with E-state index in [0.29, 0.717) is 17.0 Å². The van der Waals surface area contributed by atoms with Crippen molar-refractivity contribution in [3.8, 4) is 0 Å². The van der Waals surface area contributed by atoms with Crippen molar-refractivity contribution in [3.05, 3.63) is 94.3 Å². The van der Waals surface area contributed by atoms with Gasteiger partial charge in [0.2, 0.25) is 11.8 Å². The molecule has 0 unspecified atom stereocenters. The lowest BCUT2D eigenvalue weighted by atomic mass is 10.1. The highest BCUT2D eigenvalue weighted by Crippen LogP contribution is 2.30. The molecule has 214 valence electrons. The molecule has 0 bridgehead atoms. The van der Waals surface area contributed by atoms with E-state index in [0.717, 1.165) is 9.87 Å². The second-order valence-electron chi connectivity index (χ2n) is 9.86.